The molecule has 0 bridgehead atoms. The van der Waals surface area contributed by atoms with Gasteiger partial charge in [0, 0.05) is 13.2 Å². The molecule has 0 saturated heterocycles. The quantitative estimate of drug-likeness (QED) is 0.0693. The average Bonchev–Trinajstić information content (AvgIpc) is 2.83. The third kappa shape index (κ3) is 27.4. The molecule has 2 atom stereocenters. The molecule has 4 nitrogen and oxygen atoms in total. The van der Waals surface area contributed by atoms with Crippen LogP contribution < -0.4 is 0 Å². The minimum Gasteiger partial charge on any atom is -0.369 e. The Morgan fingerprint density at radius 2 is 0.605 bits per heavy atom. The highest BCUT2D eigenvalue weighted by Crippen LogP contribution is 2.16. The van der Waals surface area contributed by atoms with Crippen molar-refractivity contribution >= 4 is 0 Å². The lowest BCUT2D eigenvalue weighted by Gasteiger charge is -2.36. The highest BCUT2D eigenvalue weighted by molar-refractivity contribution is 4.71. The molecule has 0 amide bonds. The molecule has 0 fully saturated rings. The summed E-state index contributed by atoms with van der Waals surface area (Å²) in [5, 5.41) is 0. The summed E-state index contributed by atoms with van der Waals surface area (Å²) in [5.74, 6) is 0. The van der Waals surface area contributed by atoms with E-state index in [4.69, 9.17) is 9.47 Å². The van der Waals surface area contributed by atoms with Gasteiger partial charge in [0.05, 0.1) is 42.3 Å². The summed E-state index contributed by atoms with van der Waals surface area (Å²) in [7, 11) is 13.7. The molecule has 2 unspecified atom stereocenters. The number of ether oxygens (including phenoxy) is 2. The molecule has 0 aromatic rings. The fourth-order valence-corrected chi connectivity index (χ4v) is 5.28. The SMILES string of the molecule is CCCCCCCCCCCCOC(C[N+](C)(C)C)C(C[N+](C)(C)C)OCCCCCCCCCCCC. The van der Waals surface area contributed by atoms with E-state index < -0.39 is 0 Å². The molecule has 0 aliphatic carbocycles. The first-order valence-corrected chi connectivity index (χ1v) is 16.9. The molecule has 0 saturated carbocycles. The van der Waals surface area contributed by atoms with Gasteiger partial charge in [-0.05, 0) is 12.8 Å². The molecule has 0 N–H and O–H groups in total. The van der Waals surface area contributed by atoms with E-state index in [9.17, 15) is 0 Å². The number of unbranched alkanes of at least 4 members (excludes halogenated alkanes) is 18. The van der Waals surface area contributed by atoms with Crippen LogP contribution in [-0.2, 0) is 9.47 Å². The minimum atomic E-state index is 0.161. The van der Waals surface area contributed by atoms with Crippen LogP contribution in [0.3, 0.4) is 0 Å². The lowest BCUT2D eigenvalue weighted by atomic mass is 10.1. The van der Waals surface area contributed by atoms with Crippen molar-refractivity contribution < 1.29 is 18.4 Å². The lowest BCUT2D eigenvalue weighted by Crippen LogP contribution is -2.53. The summed E-state index contributed by atoms with van der Waals surface area (Å²) >= 11 is 0. The first-order valence-electron chi connectivity index (χ1n) is 16.9. The molecule has 4 heteroatoms. The molecule has 0 aromatic heterocycles. The summed E-state index contributed by atoms with van der Waals surface area (Å²) in [6, 6.07) is 0. The van der Waals surface area contributed by atoms with E-state index in [0.29, 0.717) is 0 Å². The maximum absolute atomic E-state index is 6.60. The highest BCUT2D eigenvalue weighted by Gasteiger charge is 2.32. The molecule has 38 heavy (non-hydrogen) atoms. The molecule has 0 rings (SSSR count). The largest absolute Gasteiger partial charge is 0.369 e. The van der Waals surface area contributed by atoms with Gasteiger partial charge in [-0.25, -0.2) is 0 Å². The van der Waals surface area contributed by atoms with Crippen LogP contribution in [0.25, 0.3) is 0 Å². The molecule has 0 heterocycles. The van der Waals surface area contributed by atoms with E-state index >= 15 is 0 Å². The van der Waals surface area contributed by atoms with Gasteiger partial charge in [-0.15, -0.1) is 0 Å². The number of likely N-dealkylation sites (N-methyl/N-ethyl adjacent to an activating group) is 2. The van der Waals surface area contributed by atoms with Gasteiger partial charge in [-0.1, -0.05) is 129 Å². The van der Waals surface area contributed by atoms with Crippen molar-refractivity contribution in [2.24, 2.45) is 0 Å². The Bertz CT molecular complexity index is 440. The van der Waals surface area contributed by atoms with Crippen molar-refractivity contribution in [1.82, 2.24) is 0 Å². The van der Waals surface area contributed by atoms with Crippen LogP contribution in [-0.4, -0.2) is 89.8 Å². The smallest absolute Gasteiger partial charge is 0.138 e. The number of hydrogen-bond donors (Lipinski definition) is 0. The fraction of sp³-hybridized carbons (Fsp3) is 1.00. The van der Waals surface area contributed by atoms with E-state index in [1.54, 1.807) is 0 Å². The average molecular weight is 543 g/mol. The monoisotopic (exact) mass is 543 g/mol. The van der Waals surface area contributed by atoms with Crippen LogP contribution >= 0.6 is 0 Å². The van der Waals surface area contributed by atoms with Crippen molar-refractivity contribution in [1.29, 1.82) is 0 Å². The Kier molecular flexibility index (Phi) is 24.5. The Morgan fingerprint density at radius 1 is 0.368 bits per heavy atom. The normalized spacial score (nSPS) is 14.2. The van der Waals surface area contributed by atoms with Gasteiger partial charge in [-0.2, -0.15) is 0 Å². The van der Waals surface area contributed by atoms with E-state index in [-0.39, 0.29) is 12.2 Å². The van der Waals surface area contributed by atoms with Crippen molar-refractivity contribution in [3.63, 3.8) is 0 Å². The maximum Gasteiger partial charge on any atom is 0.138 e. The van der Waals surface area contributed by atoms with Gasteiger partial charge in [0.2, 0.25) is 0 Å². The summed E-state index contributed by atoms with van der Waals surface area (Å²) < 4.78 is 15.0. The van der Waals surface area contributed by atoms with E-state index in [2.05, 4.69) is 56.1 Å². The van der Waals surface area contributed by atoms with Gasteiger partial charge in [0.25, 0.3) is 0 Å². The summed E-state index contributed by atoms with van der Waals surface area (Å²) in [5.41, 5.74) is 0. The second-order valence-electron chi connectivity index (χ2n) is 14.1. The first kappa shape index (κ1) is 37.8. The number of rotatable bonds is 29. The lowest BCUT2D eigenvalue weighted by molar-refractivity contribution is -0.882. The van der Waals surface area contributed by atoms with Crippen LogP contribution in [0.4, 0.5) is 0 Å². The van der Waals surface area contributed by atoms with Crippen molar-refractivity contribution in [3.8, 4) is 0 Å². The maximum atomic E-state index is 6.60. The zero-order chi connectivity index (χ0) is 28.5. The molecular weight excluding hydrogens is 468 g/mol. The zero-order valence-electron chi connectivity index (χ0n) is 27.8. The third-order valence-electron chi connectivity index (χ3n) is 7.53. The van der Waals surface area contributed by atoms with Crippen LogP contribution in [0.2, 0.25) is 0 Å². The molecule has 0 aromatic carbocycles. The summed E-state index contributed by atoms with van der Waals surface area (Å²) in [6.45, 7) is 8.33. The molecule has 0 spiro atoms. The summed E-state index contributed by atoms with van der Waals surface area (Å²) in [6.07, 6.45) is 27.6. The van der Waals surface area contributed by atoms with Crippen LogP contribution in [0, 0.1) is 0 Å². The predicted molar refractivity (Wildman–Crippen MR) is 169 cm³/mol. The van der Waals surface area contributed by atoms with E-state index in [1.807, 2.05) is 0 Å². The third-order valence-corrected chi connectivity index (χ3v) is 7.53. The van der Waals surface area contributed by atoms with Gasteiger partial charge in [0.15, 0.2) is 0 Å². The zero-order valence-corrected chi connectivity index (χ0v) is 27.8. The Labute approximate surface area is 241 Å². The van der Waals surface area contributed by atoms with Gasteiger partial charge in [-0.3, -0.25) is 0 Å². The number of quaternary nitrogens is 2. The van der Waals surface area contributed by atoms with Crippen molar-refractivity contribution in [3.05, 3.63) is 0 Å². The van der Waals surface area contributed by atoms with Crippen molar-refractivity contribution in [2.45, 2.75) is 154 Å². The fourth-order valence-electron chi connectivity index (χ4n) is 5.28. The van der Waals surface area contributed by atoms with Gasteiger partial charge in [0.1, 0.15) is 25.3 Å². The van der Waals surface area contributed by atoms with Crippen molar-refractivity contribution in [2.75, 3.05) is 68.6 Å². The van der Waals surface area contributed by atoms with Crippen LogP contribution in [0.15, 0.2) is 0 Å². The standard InChI is InChI=1S/C34H74N2O2/c1-9-11-13-15-17-19-21-23-25-27-29-37-33(31-35(3,4)5)34(32-36(6,7)8)38-30-28-26-24-22-20-18-16-14-12-10-2/h33-34H,9-32H2,1-8H3/q+2. The Hall–Kier alpha value is -0.160. The minimum absolute atomic E-state index is 0.161. The highest BCUT2D eigenvalue weighted by atomic mass is 16.5. The first-order chi connectivity index (χ1) is 18.1. The summed E-state index contributed by atoms with van der Waals surface area (Å²) in [4.78, 5) is 0. The molecule has 0 aliphatic heterocycles. The second kappa shape index (κ2) is 24.6. The molecular formula is C34H74N2O2+2. The van der Waals surface area contributed by atoms with E-state index in [1.165, 1.54) is 128 Å². The Balaban J connectivity index is 4.40. The van der Waals surface area contributed by atoms with Gasteiger partial charge < -0.3 is 18.4 Å². The van der Waals surface area contributed by atoms with E-state index in [0.717, 1.165) is 35.3 Å². The number of hydrogen-bond acceptors (Lipinski definition) is 2. The van der Waals surface area contributed by atoms with Crippen LogP contribution in [0.5, 0.6) is 0 Å². The molecule has 230 valence electrons. The molecule has 0 aliphatic rings. The molecule has 0 radical (unpaired) electrons. The van der Waals surface area contributed by atoms with Gasteiger partial charge >= 0.3 is 0 Å². The predicted octanol–water partition coefficient (Wildman–Crippen LogP) is 9.01. The Morgan fingerprint density at radius 3 is 0.842 bits per heavy atom. The second-order valence-corrected chi connectivity index (χ2v) is 14.1. The van der Waals surface area contributed by atoms with Crippen LogP contribution in [0.1, 0.15) is 142 Å². The topological polar surface area (TPSA) is 18.5 Å². The number of nitrogens with zero attached hydrogens (tertiary/aromatic N) is 2.